The third-order valence-electron chi connectivity index (χ3n) is 3.36. The van der Waals surface area contributed by atoms with Crippen molar-refractivity contribution in [2.75, 3.05) is 0 Å². The van der Waals surface area contributed by atoms with Crippen LogP contribution in [0, 0.1) is 5.92 Å². The lowest BCUT2D eigenvalue weighted by Crippen LogP contribution is -2.00. The van der Waals surface area contributed by atoms with E-state index in [1.807, 2.05) is 24.3 Å². The standard InChI is InChI=1S/C15H16O/c1-10-8-11(2)15(12(10)3)14-7-5-4-6-13(14)9-16/h4-9,12H,1-3H3. The van der Waals surface area contributed by atoms with Crippen molar-refractivity contribution in [3.05, 3.63) is 52.6 Å². The van der Waals surface area contributed by atoms with Crippen molar-refractivity contribution in [3.63, 3.8) is 0 Å². The van der Waals surface area contributed by atoms with E-state index in [9.17, 15) is 4.79 Å². The fraction of sp³-hybridized carbons (Fsp3) is 0.267. The van der Waals surface area contributed by atoms with Crippen molar-refractivity contribution in [2.24, 2.45) is 5.92 Å². The summed E-state index contributed by atoms with van der Waals surface area (Å²) in [6.45, 7) is 6.45. The summed E-state index contributed by atoms with van der Waals surface area (Å²) >= 11 is 0. The van der Waals surface area contributed by atoms with E-state index in [1.54, 1.807) is 0 Å². The Morgan fingerprint density at radius 1 is 1.19 bits per heavy atom. The Bertz CT molecular complexity index is 492. The molecule has 1 heteroatoms. The number of benzene rings is 1. The minimum Gasteiger partial charge on any atom is -0.298 e. The van der Waals surface area contributed by atoms with Gasteiger partial charge in [0.25, 0.3) is 0 Å². The van der Waals surface area contributed by atoms with E-state index in [1.165, 1.54) is 16.7 Å². The highest BCUT2D eigenvalue weighted by Crippen LogP contribution is 2.38. The van der Waals surface area contributed by atoms with Crippen LogP contribution in [0.15, 0.2) is 41.5 Å². The summed E-state index contributed by atoms with van der Waals surface area (Å²) in [6, 6.07) is 7.81. The second-order valence-corrected chi connectivity index (χ2v) is 4.41. The molecule has 0 radical (unpaired) electrons. The zero-order valence-electron chi connectivity index (χ0n) is 9.95. The summed E-state index contributed by atoms with van der Waals surface area (Å²) in [7, 11) is 0. The summed E-state index contributed by atoms with van der Waals surface area (Å²) in [6.07, 6.45) is 3.15. The number of aldehydes is 1. The van der Waals surface area contributed by atoms with Crippen molar-refractivity contribution in [2.45, 2.75) is 20.8 Å². The molecule has 0 spiro atoms. The van der Waals surface area contributed by atoms with Crippen LogP contribution in [0.4, 0.5) is 0 Å². The second kappa shape index (κ2) is 4.09. The lowest BCUT2D eigenvalue weighted by Gasteiger charge is -2.14. The molecule has 0 fully saturated rings. The first kappa shape index (κ1) is 10.9. The van der Waals surface area contributed by atoms with E-state index >= 15 is 0 Å². The first-order chi connectivity index (χ1) is 7.65. The zero-order valence-corrected chi connectivity index (χ0v) is 9.95. The number of carbonyl (C=O) groups is 1. The van der Waals surface area contributed by atoms with E-state index in [4.69, 9.17) is 0 Å². The maximum absolute atomic E-state index is 11.0. The Hall–Kier alpha value is -1.63. The summed E-state index contributed by atoms with van der Waals surface area (Å²) in [5, 5.41) is 0. The predicted octanol–water partition coefficient (Wildman–Crippen LogP) is 3.87. The van der Waals surface area contributed by atoms with Crippen LogP contribution in [-0.2, 0) is 0 Å². The molecule has 0 saturated heterocycles. The minimum absolute atomic E-state index is 0.418. The van der Waals surface area contributed by atoms with Gasteiger partial charge in [-0.1, -0.05) is 42.8 Å². The number of allylic oxidation sites excluding steroid dienone is 4. The summed E-state index contributed by atoms with van der Waals surface area (Å²) < 4.78 is 0. The maximum atomic E-state index is 11.0. The van der Waals surface area contributed by atoms with E-state index in [2.05, 4.69) is 26.8 Å². The summed E-state index contributed by atoms with van der Waals surface area (Å²) in [5.41, 5.74) is 5.80. The largest absolute Gasteiger partial charge is 0.298 e. The van der Waals surface area contributed by atoms with Crippen molar-refractivity contribution in [1.82, 2.24) is 0 Å². The van der Waals surface area contributed by atoms with Gasteiger partial charge in [0, 0.05) is 11.5 Å². The molecule has 0 amide bonds. The number of hydrogen-bond donors (Lipinski definition) is 0. The van der Waals surface area contributed by atoms with E-state index < -0.39 is 0 Å². The van der Waals surface area contributed by atoms with Crippen LogP contribution in [0.2, 0.25) is 0 Å². The summed E-state index contributed by atoms with van der Waals surface area (Å²) in [4.78, 5) is 11.0. The highest BCUT2D eigenvalue weighted by molar-refractivity contribution is 5.89. The van der Waals surface area contributed by atoms with Crippen molar-refractivity contribution < 1.29 is 4.79 Å². The molecular weight excluding hydrogens is 196 g/mol. The fourth-order valence-electron chi connectivity index (χ4n) is 2.40. The SMILES string of the molecule is CC1=CC(C)=C(c2ccccc2C=O)C1C. The molecule has 0 aromatic heterocycles. The summed E-state index contributed by atoms with van der Waals surface area (Å²) in [5.74, 6) is 0.418. The molecule has 1 nitrogen and oxygen atoms in total. The molecule has 16 heavy (non-hydrogen) atoms. The van der Waals surface area contributed by atoms with Gasteiger partial charge >= 0.3 is 0 Å². The third kappa shape index (κ3) is 1.63. The van der Waals surface area contributed by atoms with Gasteiger partial charge in [0.15, 0.2) is 6.29 Å². The quantitative estimate of drug-likeness (QED) is 0.680. The van der Waals surface area contributed by atoms with Crippen molar-refractivity contribution in [3.8, 4) is 0 Å². The molecule has 82 valence electrons. The molecule has 1 unspecified atom stereocenters. The third-order valence-corrected chi connectivity index (χ3v) is 3.36. The average Bonchev–Trinajstić information content (AvgIpc) is 2.53. The predicted molar refractivity (Wildman–Crippen MR) is 67.3 cm³/mol. The molecule has 0 N–H and O–H groups in total. The van der Waals surface area contributed by atoms with E-state index in [-0.39, 0.29) is 0 Å². The van der Waals surface area contributed by atoms with Gasteiger partial charge in [-0.15, -0.1) is 0 Å². The number of carbonyl (C=O) groups excluding carboxylic acids is 1. The Kier molecular flexibility index (Phi) is 2.78. The van der Waals surface area contributed by atoms with Gasteiger partial charge in [-0.3, -0.25) is 4.79 Å². The average molecular weight is 212 g/mol. The molecular formula is C15H16O. The molecule has 1 aliphatic rings. The zero-order chi connectivity index (χ0) is 11.7. The molecule has 1 aromatic rings. The van der Waals surface area contributed by atoms with Crippen LogP contribution in [0.25, 0.3) is 5.57 Å². The lowest BCUT2D eigenvalue weighted by molar-refractivity contribution is 0.112. The van der Waals surface area contributed by atoms with Crippen LogP contribution < -0.4 is 0 Å². The normalized spacial score (nSPS) is 19.9. The first-order valence-electron chi connectivity index (χ1n) is 5.58. The molecule has 1 aliphatic carbocycles. The smallest absolute Gasteiger partial charge is 0.150 e. The van der Waals surface area contributed by atoms with Crippen molar-refractivity contribution in [1.29, 1.82) is 0 Å². The number of rotatable bonds is 2. The Morgan fingerprint density at radius 2 is 1.88 bits per heavy atom. The van der Waals surface area contributed by atoms with Crippen molar-refractivity contribution >= 4 is 11.9 Å². The van der Waals surface area contributed by atoms with E-state index in [0.717, 1.165) is 17.4 Å². The Labute approximate surface area is 96.5 Å². The van der Waals surface area contributed by atoms with E-state index in [0.29, 0.717) is 5.92 Å². The topological polar surface area (TPSA) is 17.1 Å². The van der Waals surface area contributed by atoms with Crippen LogP contribution in [0.1, 0.15) is 36.7 Å². The maximum Gasteiger partial charge on any atom is 0.150 e. The van der Waals surface area contributed by atoms with Crippen LogP contribution in [-0.4, -0.2) is 6.29 Å². The number of hydrogen-bond acceptors (Lipinski definition) is 1. The van der Waals surface area contributed by atoms with Gasteiger partial charge < -0.3 is 0 Å². The highest BCUT2D eigenvalue weighted by Gasteiger charge is 2.21. The van der Waals surface area contributed by atoms with Gasteiger partial charge in [-0.25, -0.2) is 0 Å². The molecule has 0 heterocycles. The van der Waals surface area contributed by atoms with Gasteiger partial charge in [0.1, 0.15) is 0 Å². The monoisotopic (exact) mass is 212 g/mol. The molecule has 1 atom stereocenters. The molecule has 0 saturated carbocycles. The molecule has 0 aliphatic heterocycles. The lowest BCUT2D eigenvalue weighted by atomic mass is 9.89. The van der Waals surface area contributed by atoms with Crippen LogP contribution in [0.3, 0.4) is 0 Å². The van der Waals surface area contributed by atoms with Crippen LogP contribution >= 0.6 is 0 Å². The van der Waals surface area contributed by atoms with Crippen LogP contribution in [0.5, 0.6) is 0 Å². The molecule has 2 rings (SSSR count). The van der Waals surface area contributed by atoms with Gasteiger partial charge in [-0.2, -0.15) is 0 Å². The Morgan fingerprint density at radius 3 is 2.44 bits per heavy atom. The van der Waals surface area contributed by atoms with Gasteiger partial charge in [0.05, 0.1) is 0 Å². The van der Waals surface area contributed by atoms with Gasteiger partial charge in [0.2, 0.25) is 0 Å². The Balaban J connectivity index is 2.55. The molecule has 1 aromatic carbocycles. The minimum atomic E-state index is 0.418. The second-order valence-electron chi connectivity index (χ2n) is 4.41. The molecule has 0 bridgehead atoms. The highest BCUT2D eigenvalue weighted by atomic mass is 16.1. The fourth-order valence-corrected chi connectivity index (χ4v) is 2.40. The van der Waals surface area contributed by atoms with Gasteiger partial charge in [-0.05, 0) is 30.6 Å². The first-order valence-corrected chi connectivity index (χ1v) is 5.58.